The van der Waals surface area contributed by atoms with Gasteiger partial charge < -0.3 is 9.84 Å². The number of aryl methyl sites for hydroxylation is 1. The average Bonchev–Trinajstić information content (AvgIpc) is 3.18. The van der Waals surface area contributed by atoms with Gasteiger partial charge in [0, 0.05) is 30.1 Å². The minimum atomic E-state index is -0.453. The fourth-order valence-electron chi connectivity index (χ4n) is 2.99. The number of hydrogen-bond acceptors (Lipinski definition) is 5. The van der Waals surface area contributed by atoms with E-state index in [-0.39, 0.29) is 35.7 Å². The number of hydrogen-bond donors (Lipinski definition) is 1. The zero-order chi connectivity index (χ0) is 21.1. The van der Waals surface area contributed by atoms with Crippen LogP contribution < -0.4 is 10.9 Å². The molecule has 9 heteroatoms. The molecule has 0 atom stereocenters. The number of nitrogens with zero attached hydrogens (tertiary/aromatic N) is 3. The molecule has 1 amide bonds. The van der Waals surface area contributed by atoms with E-state index < -0.39 is 11.4 Å². The zero-order valence-corrected chi connectivity index (χ0v) is 16.4. The second-order valence-corrected chi connectivity index (χ2v) is 7.05. The van der Waals surface area contributed by atoms with E-state index in [0.29, 0.717) is 17.1 Å². The maximum Gasteiger partial charge on any atom is 0.266 e. The summed E-state index contributed by atoms with van der Waals surface area (Å²) in [5.74, 6) is -0.669. The molecule has 2 aromatic carbocycles. The van der Waals surface area contributed by atoms with Crippen LogP contribution >= 0.6 is 11.6 Å². The van der Waals surface area contributed by atoms with Crippen LogP contribution in [0.4, 0.5) is 4.39 Å². The van der Waals surface area contributed by atoms with E-state index in [9.17, 15) is 14.0 Å². The van der Waals surface area contributed by atoms with Gasteiger partial charge in [0.05, 0.1) is 0 Å². The third-order valence-corrected chi connectivity index (χ3v) is 4.80. The first kappa shape index (κ1) is 19.8. The molecule has 0 saturated heterocycles. The van der Waals surface area contributed by atoms with Crippen LogP contribution in [0.2, 0.25) is 5.02 Å². The Labute approximate surface area is 175 Å². The predicted octanol–water partition coefficient (Wildman–Crippen LogP) is 3.55. The van der Waals surface area contributed by atoms with Crippen LogP contribution in [-0.2, 0) is 17.9 Å². The van der Waals surface area contributed by atoms with Crippen LogP contribution in [0.5, 0.6) is 0 Å². The van der Waals surface area contributed by atoms with Crippen molar-refractivity contribution >= 4 is 28.6 Å². The maximum atomic E-state index is 13.6. The second-order valence-electron chi connectivity index (χ2n) is 6.62. The molecule has 0 saturated carbocycles. The standard InChI is InChI=1S/C21H16ClFN4O3/c22-15-6-4-13(5-7-15)11-24-17(28)8-9-27-12-25-20-18(21(27)29)19(26-30-20)14-2-1-3-16(23)10-14/h1-7,10,12H,8-9,11H2,(H,24,28). The summed E-state index contributed by atoms with van der Waals surface area (Å²) >= 11 is 5.84. The fraction of sp³-hybridized carbons (Fsp3) is 0.143. The highest BCUT2D eigenvalue weighted by atomic mass is 35.5. The van der Waals surface area contributed by atoms with Crippen LogP contribution in [0, 0.1) is 5.82 Å². The number of amides is 1. The van der Waals surface area contributed by atoms with Crippen molar-refractivity contribution in [3.05, 3.63) is 81.6 Å². The van der Waals surface area contributed by atoms with Crippen LogP contribution in [0.1, 0.15) is 12.0 Å². The molecule has 0 aliphatic heterocycles. The van der Waals surface area contributed by atoms with Gasteiger partial charge in [-0.1, -0.05) is 41.0 Å². The number of benzene rings is 2. The van der Waals surface area contributed by atoms with Crippen molar-refractivity contribution in [3.8, 4) is 11.3 Å². The molecule has 0 aliphatic carbocycles. The lowest BCUT2D eigenvalue weighted by atomic mass is 10.1. The summed E-state index contributed by atoms with van der Waals surface area (Å²) in [4.78, 5) is 29.1. The normalized spacial score (nSPS) is 11.0. The Kier molecular flexibility index (Phi) is 5.58. The Hall–Kier alpha value is -3.52. The van der Waals surface area contributed by atoms with Crippen molar-refractivity contribution in [1.29, 1.82) is 0 Å². The average molecular weight is 427 g/mol. The van der Waals surface area contributed by atoms with Gasteiger partial charge in [-0.05, 0) is 29.8 Å². The monoisotopic (exact) mass is 426 g/mol. The minimum absolute atomic E-state index is 0.0581. The first-order chi connectivity index (χ1) is 14.5. The molecule has 7 nitrogen and oxygen atoms in total. The third kappa shape index (κ3) is 4.23. The number of carbonyl (C=O) groups is 1. The van der Waals surface area contributed by atoms with Gasteiger partial charge in [-0.3, -0.25) is 14.2 Å². The van der Waals surface area contributed by atoms with Crippen LogP contribution in [0.15, 0.2) is 64.2 Å². The summed E-state index contributed by atoms with van der Waals surface area (Å²) in [5, 5.41) is 7.43. The molecule has 0 bridgehead atoms. The Balaban J connectivity index is 1.48. The van der Waals surface area contributed by atoms with Gasteiger partial charge in [0.25, 0.3) is 11.3 Å². The van der Waals surface area contributed by atoms with Crippen LogP contribution in [0.3, 0.4) is 0 Å². The molecule has 4 rings (SSSR count). The van der Waals surface area contributed by atoms with E-state index in [2.05, 4.69) is 15.5 Å². The van der Waals surface area contributed by atoms with Crippen LogP contribution in [0.25, 0.3) is 22.4 Å². The number of aromatic nitrogens is 3. The topological polar surface area (TPSA) is 90.0 Å². The number of rotatable bonds is 6. The molecule has 0 fully saturated rings. The lowest BCUT2D eigenvalue weighted by Gasteiger charge is -2.07. The molecular formula is C21H16ClFN4O3. The maximum absolute atomic E-state index is 13.6. The third-order valence-electron chi connectivity index (χ3n) is 4.54. The van der Waals surface area contributed by atoms with E-state index in [1.165, 1.54) is 29.1 Å². The van der Waals surface area contributed by atoms with E-state index in [1.807, 2.05) is 12.1 Å². The predicted molar refractivity (Wildman–Crippen MR) is 109 cm³/mol. The largest absolute Gasteiger partial charge is 0.352 e. The Morgan fingerprint density at radius 1 is 1.20 bits per heavy atom. The highest BCUT2D eigenvalue weighted by Gasteiger charge is 2.17. The van der Waals surface area contributed by atoms with Gasteiger partial charge in [-0.25, -0.2) is 9.37 Å². The summed E-state index contributed by atoms with van der Waals surface area (Å²) in [6.07, 6.45) is 1.39. The van der Waals surface area contributed by atoms with Crippen molar-refractivity contribution in [2.24, 2.45) is 0 Å². The number of nitrogens with one attached hydrogen (secondary N) is 1. The van der Waals surface area contributed by atoms with Gasteiger partial charge in [0.15, 0.2) is 0 Å². The molecule has 0 radical (unpaired) electrons. The summed E-state index contributed by atoms with van der Waals surface area (Å²) in [5.41, 5.74) is 1.18. The minimum Gasteiger partial charge on any atom is -0.352 e. The zero-order valence-electron chi connectivity index (χ0n) is 15.6. The number of carbonyl (C=O) groups excluding carboxylic acids is 1. The molecule has 30 heavy (non-hydrogen) atoms. The van der Waals surface area contributed by atoms with Gasteiger partial charge in [-0.15, -0.1) is 0 Å². The van der Waals surface area contributed by atoms with Crippen molar-refractivity contribution in [3.63, 3.8) is 0 Å². The smallest absolute Gasteiger partial charge is 0.266 e. The van der Waals surface area contributed by atoms with Gasteiger partial charge in [0.2, 0.25) is 5.91 Å². The van der Waals surface area contributed by atoms with Crippen LogP contribution in [-0.4, -0.2) is 20.6 Å². The molecular weight excluding hydrogens is 411 g/mol. The number of halogens is 2. The summed E-state index contributed by atoms with van der Waals surface area (Å²) in [7, 11) is 0. The highest BCUT2D eigenvalue weighted by molar-refractivity contribution is 6.30. The van der Waals surface area contributed by atoms with E-state index in [0.717, 1.165) is 5.56 Å². The molecule has 152 valence electrons. The lowest BCUT2D eigenvalue weighted by Crippen LogP contribution is -2.27. The van der Waals surface area contributed by atoms with Gasteiger partial charge in [-0.2, -0.15) is 0 Å². The van der Waals surface area contributed by atoms with Gasteiger partial charge in [0.1, 0.15) is 23.2 Å². The van der Waals surface area contributed by atoms with E-state index in [1.54, 1.807) is 18.2 Å². The molecule has 1 N–H and O–H groups in total. The van der Waals surface area contributed by atoms with Crippen molar-refractivity contribution in [2.45, 2.75) is 19.5 Å². The molecule has 0 aliphatic rings. The lowest BCUT2D eigenvalue weighted by molar-refractivity contribution is -0.121. The van der Waals surface area contributed by atoms with Crippen molar-refractivity contribution < 1.29 is 13.7 Å². The first-order valence-electron chi connectivity index (χ1n) is 9.13. The van der Waals surface area contributed by atoms with Crippen molar-refractivity contribution in [2.75, 3.05) is 0 Å². The van der Waals surface area contributed by atoms with Crippen molar-refractivity contribution in [1.82, 2.24) is 20.0 Å². The Morgan fingerprint density at radius 2 is 2.00 bits per heavy atom. The summed E-state index contributed by atoms with van der Waals surface area (Å²) in [6.45, 7) is 0.486. The SMILES string of the molecule is O=C(CCn1cnc2onc(-c3cccc(F)c3)c2c1=O)NCc1ccc(Cl)cc1. The Bertz CT molecular complexity index is 1270. The molecule has 2 aromatic heterocycles. The van der Waals surface area contributed by atoms with E-state index in [4.69, 9.17) is 16.1 Å². The quantitative estimate of drug-likeness (QED) is 0.509. The summed E-state index contributed by atoms with van der Waals surface area (Å²) < 4.78 is 20.0. The molecule has 4 aromatic rings. The summed E-state index contributed by atoms with van der Waals surface area (Å²) in [6, 6.07) is 12.8. The van der Waals surface area contributed by atoms with Gasteiger partial charge >= 0.3 is 0 Å². The molecule has 0 unspecified atom stereocenters. The first-order valence-corrected chi connectivity index (χ1v) is 9.51. The van der Waals surface area contributed by atoms with E-state index >= 15 is 0 Å². The highest BCUT2D eigenvalue weighted by Crippen LogP contribution is 2.24. The molecule has 0 spiro atoms. The fourth-order valence-corrected chi connectivity index (χ4v) is 3.11. The molecule has 2 heterocycles. The Morgan fingerprint density at radius 3 is 2.77 bits per heavy atom. The second kappa shape index (κ2) is 8.46. The number of fused-ring (bicyclic) bond motifs is 1.